The van der Waals surface area contributed by atoms with E-state index in [4.69, 9.17) is 0 Å². The molecule has 0 amide bonds. The second kappa shape index (κ2) is 5.02. The van der Waals surface area contributed by atoms with Crippen LogP contribution < -0.4 is 0 Å². The van der Waals surface area contributed by atoms with Gasteiger partial charge in [0.15, 0.2) is 0 Å². The Bertz CT molecular complexity index is 1580. The van der Waals surface area contributed by atoms with Crippen molar-refractivity contribution in [2.24, 2.45) is 0 Å². The molecule has 1 nitrogen and oxygen atoms in total. The third-order valence-corrected chi connectivity index (χ3v) is 6.38. The van der Waals surface area contributed by atoms with Gasteiger partial charge in [-0.2, -0.15) is 0 Å². The molecule has 0 unspecified atom stereocenters. The zero-order valence-corrected chi connectivity index (χ0v) is 15.3. The lowest BCUT2D eigenvalue weighted by Gasteiger charge is -2.07. The largest absolute Gasteiger partial charge is 0.354 e. The number of aromatic amines is 1. The van der Waals surface area contributed by atoms with Crippen LogP contribution in [0.2, 0.25) is 0 Å². The summed E-state index contributed by atoms with van der Waals surface area (Å²) < 4.78 is 0. The van der Waals surface area contributed by atoms with E-state index in [1.54, 1.807) is 0 Å². The van der Waals surface area contributed by atoms with E-state index >= 15 is 0 Å². The van der Waals surface area contributed by atoms with Gasteiger partial charge in [-0.25, -0.2) is 0 Å². The fourth-order valence-corrected chi connectivity index (χ4v) is 5.13. The molecule has 1 aromatic heterocycles. The second-order valence-corrected chi connectivity index (χ2v) is 7.89. The van der Waals surface area contributed by atoms with Crippen LogP contribution in [0.15, 0.2) is 84.9 Å². The van der Waals surface area contributed by atoms with Gasteiger partial charge in [0.1, 0.15) is 0 Å². The summed E-state index contributed by atoms with van der Waals surface area (Å²) in [4.78, 5) is 3.68. The Morgan fingerprint density at radius 3 is 2.21 bits per heavy atom. The molecule has 0 fully saturated rings. The van der Waals surface area contributed by atoms with Gasteiger partial charge in [-0.05, 0) is 68.4 Å². The van der Waals surface area contributed by atoms with Crippen molar-refractivity contribution in [1.82, 2.24) is 4.98 Å². The summed E-state index contributed by atoms with van der Waals surface area (Å²) in [6.07, 6.45) is 1.02. The van der Waals surface area contributed by atoms with E-state index in [9.17, 15) is 0 Å². The minimum Gasteiger partial charge on any atom is -0.354 e. The molecule has 1 heteroatoms. The van der Waals surface area contributed by atoms with Crippen LogP contribution in [0.1, 0.15) is 11.1 Å². The predicted octanol–water partition coefficient (Wildman–Crippen LogP) is 7.20. The normalized spacial score (nSPS) is 12.9. The highest BCUT2D eigenvalue weighted by molar-refractivity contribution is 6.21. The fourth-order valence-electron chi connectivity index (χ4n) is 5.13. The number of rotatable bonds is 0. The summed E-state index contributed by atoms with van der Waals surface area (Å²) in [5.41, 5.74) is 8.12. The Morgan fingerprint density at radius 1 is 0.571 bits per heavy atom. The molecule has 1 aliphatic rings. The number of H-pyrrole nitrogens is 1. The van der Waals surface area contributed by atoms with Crippen molar-refractivity contribution in [3.05, 3.63) is 96.1 Å². The molecule has 1 aliphatic carbocycles. The fraction of sp³-hybridized carbons (Fsp3) is 0.0370. The molecule has 0 saturated heterocycles. The number of aromatic nitrogens is 1. The molecule has 7 rings (SSSR count). The summed E-state index contributed by atoms with van der Waals surface area (Å²) in [7, 11) is 0. The Morgan fingerprint density at radius 2 is 1.32 bits per heavy atom. The van der Waals surface area contributed by atoms with Crippen molar-refractivity contribution in [1.29, 1.82) is 0 Å². The number of hydrogen-bond acceptors (Lipinski definition) is 0. The molecule has 28 heavy (non-hydrogen) atoms. The van der Waals surface area contributed by atoms with Gasteiger partial charge in [0.2, 0.25) is 0 Å². The lowest BCUT2D eigenvalue weighted by Crippen LogP contribution is -1.82. The average Bonchev–Trinajstić information content (AvgIpc) is 3.29. The van der Waals surface area contributed by atoms with Crippen molar-refractivity contribution in [2.75, 3.05) is 0 Å². The van der Waals surface area contributed by atoms with Crippen LogP contribution in [0.25, 0.3) is 54.5 Å². The van der Waals surface area contributed by atoms with Crippen LogP contribution in [-0.4, -0.2) is 4.98 Å². The van der Waals surface area contributed by atoms with E-state index in [1.807, 2.05) is 0 Å². The van der Waals surface area contributed by atoms with E-state index < -0.39 is 0 Å². The quantitative estimate of drug-likeness (QED) is 0.296. The SMILES string of the molecule is c1ccc2c3c(ccc2c1)Cc1cc2c(cc1-3)[nH]c1ccc3ccccc3c12. The molecule has 6 aromatic rings. The summed E-state index contributed by atoms with van der Waals surface area (Å²) in [5, 5.41) is 7.98. The summed E-state index contributed by atoms with van der Waals surface area (Å²) in [6.45, 7) is 0. The van der Waals surface area contributed by atoms with Gasteiger partial charge in [-0.1, -0.05) is 66.7 Å². The minimum atomic E-state index is 1.02. The molecule has 5 aromatic carbocycles. The van der Waals surface area contributed by atoms with Crippen molar-refractivity contribution in [2.45, 2.75) is 6.42 Å². The van der Waals surface area contributed by atoms with Gasteiger partial charge in [0.05, 0.1) is 0 Å². The molecule has 1 N–H and O–H groups in total. The smallest absolute Gasteiger partial charge is 0.0471 e. The van der Waals surface area contributed by atoms with Crippen LogP contribution in [0.3, 0.4) is 0 Å². The third kappa shape index (κ3) is 1.76. The van der Waals surface area contributed by atoms with Crippen LogP contribution >= 0.6 is 0 Å². The lowest BCUT2D eigenvalue weighted by atomic mass is 9.97. The Kier molecular flexibility index (Phi) is 2.60. The molecule has 1 heterocycles. The van der Waals surface area contributed by atoms with Crippen molar-refractivity contribution >= 4 is 43.4 Å². The summed E-state index contributed by atoms with van der Waals surface area (Å²) in [6, 6.07) is 31.2. The third-order valence-electron chi connectivity index (χ3n) is 6.38. The van der Waals surface area contributed by atoms with Gasteiger partial charge >= 0.3 is 0 Å². The van der Waals surface area contributed by atoms with Crippen LogP contribution in [-0.2, 0) is 6.42 Å². The monoisotopic (exact) mass is 355 g/mol. The minimum absolute atomic E-state index is 1.02. The topological polar surface area (TPSA) is 15.8 Å². The number of fused-ring (bicyclic) bond motifs is 10. The maximum Gasteiger partial charge on any atom is 0.0471 e. The molecule has 0 saturated carbocycles. The van der Waals surface area contributed by atoms with Crippen molar-refractivity contribution in [3.63, 3.8) is 0 Å². The number of nitrogens with one attached hydrogen (secondary N) is 1. The number of benzene rings is 5. The van der Waals surface area contributed by atoms with E-state index in [1.165, 1.54) is 65.6 Å². The molecule has 0 atom stereocenters. The van der Waals surface area contributed by atoms with Gasteiger partial charge in [-0.3, -0.25) is 0 Å². The standard InChI is InChI=1S/C27H17N/c1-3-7-20-16(5-1)9-10-18-13-19-14-23-25(15-22(19)26(18)20)28-24-12-11-17-6-2-4-8-21(17)27(23)24/h1-12,14-15,28H,13H2. The first kappa shape index (κ1) is 14.5. The molecule has 0 bridgehead atoms. The maximum atomic E-state index is 3.68. The van der Waals surface area contributed by atoms with Crippen LogP contribution in [0, 0.1) is 0 Å². The molecular formula is C27H17N. The molecule has 0 spiro atoms. The highest BCUT2D eigenvalue weighted by Gasteiger charge is 2.22. The van der Waals surface area contributed by atoms with Crippen LogP contribution in [0.5, 0.6) is 0 Å². The Labute approximate surface area is 162 Å². The van der Waals surface area contributed by atoms with E-state index in [2.05, 4.69) is 89.9 Å². The Hall–Kier alpha value is -3.58. The molecule has 0 aliphatic heterocycles. The zero-order valence-electron chi connectivity index (χ0n) is 15.3. The van der Waals surface area contributed by atoms with Gasteiger partial charge in [-0.15, -0.1) is 0 Å². The van der Waals surface area contributed by atoms with Crippen molar-refractivity contribution in [3.8, 4) is 11.1 Å². The highest BCUT2D eigenvalue weighted by Crippen LogP contribution is 2.44. The Balaban J connectivity index is 1.61. The summed E-state index contributed by atoms with van der Waals surface area (Å²) in [5.74, 6) is 0. The van der Waals surface area contributed by atoms with E-state index in [-0.39, 0.29) is 0 Å². The van der Waals surface area contributed by atoms with Gasteiger partial charge in [0.25, 0.3) is 0 Å². The first-order valence-electron chi connectivity index (χ1n) is 9.84. The zero-order chi connectivity index (χ0) is 18.2. The van der Waals surface area contributed by atoms with Gasteiger partial charge in [0, 0.05) is 21.8 Å². The first-order valence-corrected chi connectivity index (χ1v) is 9.84. The number of hydrogen-bond donors (Lipinski definition) is 1. The molecule has 0 radical (unpaired) electrons. The highest BCUT2D eigenvalue weighted by atomic mass is 14.7. The van der Waals surface area contributed by atoms with E-state index in [0.29, 0.717) is 0 Å². The lowest BCUT2D eigenvalue weighted by molar-refractivity contribution is 1.27. The van der Waals surface area contributed by atoms with Crippen LogP contribution in [0.4, 0.5) is 0 Å². The van der Waals surface area contributed by atoms with Gasteiger partial charge < -0.3 is 4.98 Å². The molecule has 130 valence electrons. The molecular weight excluding hydrogens is 338 g/mol. The predicted molar refractivity (Wildman–Crippen MR) is 119 cm³/mol. The average molecular weight is 355 g/mol. The van der Waals surface area contributed by atoms with Crippen molar-refractivity contribution < 1.29 is 0 Å². The first-order chi connectivity index (χ1) is 13.9. The second-order valence-electron chi connectivity index (χ2n) is 7.89. The van der Waals surface area contributed by atoms with E-state index in [0.717, 1.165) is 6.42 Å². The maximum absolute atomic E-state index is 3.68. The summed E-state index contributed by atoms with van der Waals surface area (Å²) >= 11 is 0.